The van der Waals surface area contributed by atoms with Crippen LogP contribution in [0.1, 0.15) is 16.9 Å². The van der Waals surface area contributed by atoms with Gasteiger partial charge in [0.25, 0.3) is 0 Å². The SMILES string of the molecule is Cc1cc(S(=O)(=O)N(C)Cc2ccoc2C)ccc1Br. The number of halogens is 1. The van der Waals surface area contributed by atoms with E-state index in [4.69, 9.17) is 4.42 Å². The van der Waals surface area contributed by atoms with Crippen molar-refractivity contribution >= 4 is 26.0 Å². The van der Waals surface area contributed by atoms with E-state index in [9.17, 15) is 8.42 Å². The lowest BCUT2D eigenvalue weighted by Gasteiger charge is -2.17. The molecule has 2 aromatic rings. The minimum atomic E-state index is -3.50. The van der Waals surface area contributed by atoms with E-state index in [0.29, 0.717) is 11.4 Å². The molecule has 0 aliphatic heterocycles. The van der Waals surface area contributed by atoms with Crippen LogP contribution in [0.25, 0.3) is 0 Å². The van der Waals surface area contributed by atoms with Crippen LogP contribution in [0.2, 0.25) is 0 Å². The molecule has 0 atom stereocenters. The van der Waals surface area contributed by atoms with E-state index in [1.54, 1.807) is 37.6 Å². The molecule has 0 saturated carbocycles. The van der Waals surface area contributed by atoms with Crippen LogP contribution in [0.3, 0.4) is 0 Å². The number of rotatable bonds is 4. The van der Waals surface area contributed by atoms with Gasteiger partial charge in [-0.25, -0.2) is 8.42 Å². The summed E-state index contributed by atoms with van der Waals surface area (Å²) < 4.78 is 32.4. The number of hydrogen-bond acceptors (Lipinski definition) is 3. The Labute approximate surface area is 127 Å². The maximum absolute atomic E-state index is 12.5. The Morgan fingerprint density at radius 3 is 2.50 bits per heavy atom. The summed E-state index contributed by atoms with van der Waals surface area (Å²) in [6, 6.07) is 6.80. The molecule has 0 bridgehead atoms. The molecule has 0 spiro atoms. The average molecular weight is 358 g/mol. The molecule has 2 rings (SSSR count). The first-order chi connectivity index (χ1) is 9.32. The van der Waals surface area contributed by atoms with Gasteiger partial charge < -0.3 is 4.42 Å². The second kappa shape index (κ2) is 5.71. The normalized spacial score (nSPS) is 12.1. The van der Waals surface area contributed by atoms with Gasteiger partial charge in [0.2, 0.25) is 10.0 Å². The molecule has 0 N–H and O–H groups in total. The van der Waals surface area contributed by atoms with Crippen LogP contribution in [-0.2, 0) is 16.6 Å². The van der Waals surface area contributed by atoms with Crippen molar-refractivity contribution in [2.45, 2.75) is 25.3 Å². The molecule has 1 aromatic carbocycles. The van der Waals surface area contributed by atoms with Crippen molar-refractivity contribution in [1.29, 1.82) is 0 Å². The van der Waals surface area contributed by atoms with Crippen molar-refractivity contribution in [3.63, 3.8) is 0 Å². The van der Waals surface area contributed by atoms with Gasteiger partial charge >= 0.3 is 0 Å². The van der Waals surface area contributed by atoms with Crippen LogP contribution in [0.15, 0.2) is 44.3 Å². The van der Waals surface area contributed by atoms with Gasteiger partial charge in [-0.1, -0.05) is 15.9 Å². The summed E-state index contributed by atoms with van der Waals surface area (Å²) in [5, 5.41) is 0. The number of sulfonamides is 1. The fourth-order valence-electron chi connectivity index (χ4n) is 1.86. The summed E-state index contributed by atoms with van der Waals surface area (Å²) in [6.45, 7) is 3.97. The van der Waals surface area contributed by atoms with Crippen molar-refractivity contribution in [3.8, 4) is 0 Å². The molecule has 108 valence electrons. The van der Waals surface area contributed by atoms with Crippen LogP contribution in [0.4, 0.5) is 0 Å². The van der Waals surface area contributed by atoms with Gasteiger partial charge in [0.1, 0.15) is 5.76 Å². The van der Waals surface area contributed by atoms with Crippen LogP contribution < -0.4 is 0 Å². The topological polar surface area (TPSA) is 50.5 Å². The Morgan fingerprint density at radius 2 is 1.95 bits per heavy atom. The molecule has 0 amide bonds. The maximum atomic E-state index is 12.5. The van der Waals surface area contributed by atoms with Gasteiger partial charge in [-0.2, -0.15) is 4.31 Å². The molecule has 0 fully saturated rings. The first-order valence-electron chi connectivity index (χ1n) is 6.08. The zero-order chi connectivity index (χ0) is 14.9. The van der Waals surface area contributed by atoms with Gasteiger partial charge in [-0.05, 0) is 43.7 Å². The zero-order valence-electron chi connectivity index (χ0n) is 11.6. The van der Waals surface area contributed by atoms with Crippen molar-refractivity contribution in [3.05, 3.63) is 51.9 Å². The molecule has 1 heterocycles. The molecule has 0 saturated heterocycles. The number of benzene rings is 1. The molecular weight excluding hydrogens is 342 g/mol. The Morgan fingerprint density at radius 1 is 1.25 bits per heavy atom. The first-order valence-corrected chi connectivity index (χ1v) is 8.31. The van der Waals surface area contributed by atoms with Crippen molar-refractivity contribution < 1.29 is 12.8 Å². The van der Waals surface area contributed by atoms with Gasteiger partial charge in [-0.3, -0.25) is 0 Å². The summed E-state index contributed by atoms with van der Waals surface area (Å²) >= 11 is 3.37. The lowest BCUT2D eigenvalue weighted by Crippen LogP contribution is -2.26. The molecule has 0 radical (unpaired) electrons. The predicted molar refractivity (Wildman–Crippen MR) is 81.0 cm³/mol. The standard InChI is InChI=1S/C14H16BrNO3S/c1-10-8-13(4-5-14(10)15)20(17,18)16(3)9-12-6-7-19-11(12)2/h4-8H,9H2,1-3H3. The second-order valence-electron chi connectivity index (χ2n) is 4.67. The molecule has 0 aliphatic carbocycles. The van der Waals surface area contributed by atoms with Crippen LogP contribution >= 0.6 is 15.9 Å². The van der Waals surface area contributed by atoms with Crippen LogP contribution in [-0.4, -0.2) is 19.8 Å². The second-order valence-corrected chi connectivity index (χ2v) is 7.57. The highest BCUT2D eigenvalue weighted by atomic mass is 79.9. The molecule has 0 aliphatic rings. The summed E-state index contributed by atoms with van der Waals surface area (Å²) in [7, 11) is -1.93. The van der Waals surface area contributed by atoms with Crippen LogP contribution in [0, 0.1) is 13.8 Å². The Balaban J connectivity index is 2.29. The third-order valence-corrected chi connectivity index (χ3v) is 5.89. The highest BCUT2D eigenvalue weighted by molar-refractivity contribution is 9.10. The largest absolute Gasteiger partial charge is 0.469 e. The summed E-state index contributed by atoms with van der Waals surface area (Å²) in [4.78, 5) is 0.293. The summed E-state index contributed by atoms with van der Waals surface area (Å²) in [6.07, 6.45) is 1.56. The molecule has 4 nitrogen and oxygen atoms in total. The minimum Gasteiger partial charge on any atom is -0.469 e. The van der Waals surface area contributed by atoms with Gasteiger partial charge in [0.15, 0.2) is 0 Å². The van der Waals surface area contributed by atoms with Gasteiger partial charge in [0.05, 0.1) is 11.2 Å². The zero-order valence-corrected chi connectivity index (χ0v) is 14.0. The van der Waals surface area contributed by atoms with Crippen molar-refractivity contribution in [2.75, 3.05) is 7.05 Å². The third-order valence-electron chi connectivity index (χ3n) is 3.20. The Hall–Kier alpha value is -1.11. The van der Waals surface area contributed by atoms with E-state index in [2.05, 4.69) is 15.9 Å². The fraction of sp³-hybridized carbons (Fsp3) is 0.286. The molecule has 1 aromatic heterocycles. The maximum Gasteiger partial charge on any atom is 0.243 e. The van der Waals surface area contributed by atoms with E-state index >= 15 is 0 Å². The molecule has 20 heavy (non-hydrogen) atoms. The highest BCUT2D eigenvalue weighted by Crippen LogP contribution is 2.23. The van der Waals surface area contributed by atoms with E-state index in [-0.39, 0.29) is 0 Å². The van der Waals surface area contributed by atoms with E-state index < -0.39 is 10.0 Å². The average Bonchev–Trinajstić information content (AvgIpc) is 2.78. The van der Waals surface area contributed by atoms with E-state index in [1.165, 1.54) is 4.31 Å². The van der Waals surface area contributed by atoms with E-state index in [1.807, 2.05) is 13.8 Å². The van der Waals surface area contributed by atoms with Gasteiger partial charge in [0, 0.05) is 23.6 Å². The number of nitrogens with zero attached hydrogens (tertiary/aromatic N) is 1. The number of aryl methyl sites for hydroxylation is 2. The Bertz CT molecular complexity index is 722. The minimum absolute atomic E-state index is 0.291. The Kier molecular flexibility index (Phi) is 4.36. The number of furan rings is 1. The molecule has 6 heteroatoms. The number of hydrogen-bond donors (Lipinski definition) is 0. The quantitative estimate of drug-likeness (QED) is 0.841. The predicted octanol–water partition coefficient (Wildman–Crippen LogP) is 3.48. The summed E-state index contributed by atoms with van der Waals surface area (Å²) in [5.74, 6) is 0.735. The van der Waals surface area contributed by atoms with Crippen molar-refractivity contribution in [1.82, 2.24) is 4.31 Å². The lowest BCUT2D eigenvalue weighted by molar-refractivity contribution is 0.459. The smallest absolute Gasteiger partial charge is 0.243 e. The molecular formula is C14H16BrNO3S. The van der Waals surface area contributed by atoms with Crippen LogP contribution in [0.5, 0.6) is 0 Å². The van der Waals surface area contributed by atoms with Gasteiger partial charge in [-0.15, -0.1) is 0 Å². The van der Waals surface area contributed by atoms with E-state index in [0.717, 1.165) is 21.4 Å². The lowest BCUT2D eigenvalue weighted by atomic mass is 10.2. The fourth-order valence-corrected chi connectivity index (χ4v) is 3.34. The monoisotopic (exact) mass is 357 g/mol. The highest BCUT2D eigenvalue weighted by Gasteiger charge is 2.22. The van der Waals surface area contributed by atoms with Crippen molar-refractivity contribution in [2.24, 2.45) is 0 Å². The summed E-state index contributed by atoms with van der Waals surface area (Å²) in [5.41, 5.74) is 1.75. The molecule has 0 unspecified atom stereocenters. The first kappa shape index (κ1) is 15.3. The third kappa shape index (κ3) is 2.97.